The second-order valence-corrected chi connectivity index (χ2v) is 7.70. The molecule has 144 valence electrons. The van der Waals surface area contributed by atoms with E-state index < -0.39 is 5.97 Å². The molecule has 1 aromatic carbocycles. The summed E-state index contributed by atoms with van der Waals surface area (Å²) in [6.07, 6.45) is 2.98. The van der Waals surface area contributed by atoms with Crippen LogP contribution in [0.1, 0.15) is 43.2 Å². The average Bonchev–Trinajstić information content (AvgIpc) is 2.96. The summed E-state index contributed by atoms with van der Waals surface area (Å²) in [5, 5.41) is 0. The molecule has 6 heteroatoms. The number of carbonyl (C=O) groups excluding carboxylic acids is 2. The number of nitrogens with zero attached hydrogens (tertiary/aromatic N) is 2. The summed E-state index contributed by atoms with van der Waals surface area (Å²) < 4.78 is 7.90. The van der Waals surface area contributed by atoms with Crippen LogP contribution in [0.2, 0.25) is 0 Å². The molecule has 0 fully saturated rings. The highest BCUT2D eigenvalue weighted by molar-refractivity contribution is 9.10. The Bertz CT molecular complexity index is 1070. The van der Waals surface area contributed by atoms with Crippen molar-refractivity contribution in [2.75, 3.05) is 6.61 Å². The van der Waals surface area contributed by atoms with Crippen LogP contribution in [-0.2, 0) is 4.74 Å². The largest absolute Gasteiger partial charge is 0.454 e. The number of ether oxygens (including phenoxy) is 1. The molecule has 0 saturated heterocycles. The number of benzene rings is 1. The van der Waals surface area contributed by atoms with E-state index in [1.165, 1.54) is 17.3 Å². The number of esters is 1. The van der Waals surface area contributed by atoms with Gasteiger partial charge in [0.2, 0.25) is 5.78 Å². The Hall–Kier alpha value is -2.73. The predicted octanol–water partition coefficient (Wildman–Crippen LogP) is 4.91. The number of Topliss-reactive ketones (excluding diaryl/α,β-unsaturated/α-hetero) is 1. The minimum Gasteiger partial charge on any atom is -0.454 e. The Morgan fingerprint density at radius 3 is 2.46 bits per heavy atom. The van der Waals surface area contributed by atoms with Gasteiger partial charge < -0.3 is 9.30 Å². The van der Waals surface area contributed by atoms with E-state index in [0.717, 1.165) is 17.1 Å². The highest BCUT2D eigenvalue weighted by Gasteiger charge is 2.19. The van der Waals surface area contributed by atoms with Gasteiger partial charge in [-0.2, -0.15) is 0 Å². The Kier molecular flexibility index (Phi) is 5.79. The van der Waals surface area contributed by atoms with E-state index in [2.05, 4.69) is 46.9 Å². The van der Waals surface area contributed by atoms with Gasteiger partial charge in [0.05, 0.1) is 5.56 Å². The Balaban J connectivity index is 1.79. The first-order valence-corrected chi connectivity index (χ1v) is 9.64. The first-order chi connectivity index (χ1) is 13.3. The molecule has 3 aromatic rings. The van der Waals surface area contributed by atoms with Gasteiger partial charge in [-0.1, -0.05) is 6.07 Å². The third-order valence-electron chi connectivity index (χ3n) is 4.76. The second-order valence-electron chi connectivity index (χ2n) is 6.78. The summed E-state index contributed by atoms with van der Waals surface area (Å²) in [4.78, 5) is 28.7. The molecule has 0 N–H and O–H groups in total. The van der Waals surface area contributed by atoms with Crippen molar-refractivity contribution in [1.82, 2.24) is 9.55 Å². The van der Waals surface area contributed by atoms with E-state index in [1.54, 1.807) is 12.3 Å². The zero-order chi connectivity index (χ0) is 20.4. The van der Waals surface area contributed by atoms with Crippen molar-refractivity contribution >= 4 is 27.7 Å². The molecule has 0 unspecified atom stereocenters. The summed E-state index contributed by atoms with van der Waals surface area (Å²) in [6, 6.07) is 9.65. The molecule has 0 amide bonds. The third kappa shape index (κ3) is 4.07. The van der Waals surface area contributed by atoms with Crippen LogP contribution < -0.4 is 0 Å². The van der Waals surface area contributed by atoms with E-state index in [1.807, 2.05) is 30.5 Å². The number of ketones is 1. The number of halogens is 1. The van der Waals surface area contributed by atoms with E-state index in [9.17, 15) is 9.59 Å². The lowest BCUT2D eigenvalue weighted by molar-refractivity contribution is 0.0474. The number of rotatable bonds is 5. The fraction of sp³-hybridized carbons (Fsp3) is 0.227. The quantitative estimate of drug-likeness (QED) is 0.417. The smallest absolute Gasteiger partial charge is 0.340 e. The fourth-order valence-electron chi connectivity index (χ4n) is 3.12. The molecular formula is C22H21BrN2O3. The molecule has 2 heterocycles. The van der Waals surface area contributed by atoms with Crippen LogP contribution >= 0.6 is 15.9 Å². The maximum absolute atomic E-state index is 12.7. The molecule has 3 rings (SSSR count). The predicted molar refractivity (Wildman–Crippen MR) is 111 cm³/mol. The third-order valence-corrected chi connectivity index (χ3v) is 5.19. The lowest BCUT2D eigenvalue weighted by Gasteiger charge is -2.12. The van der Waals surface area contributed by atoms with Gasteiger partial charge in [0, 0.05) is 39.5 Å². The highest BCUT2D eigenvalue weighted by Crippen LogP contribution is 2.23. The average molecular weight is 441 g/mol. The van der Waals surface area contributed by atoms with Crippen LogP contribution in [0.15, 0.2) is 47.2 Å². The Morgan fingerprint density at radius 1 is 1.04 bits per heavy atom. The summed E-state index contributed by atoms with van der Waals surface area (Å²) >= 11 is 3.26. The molecule has 0 bridgehead atoms. The van der Waals surface area contributed by atoms with Gasteiger partial charge >= 0.3 is 5.97 Å². The van der Waals surface area contributed by atoms with Crippen LogP contribution in [-0.4, -0.2) is 27.9 Å². The molecule has 0 spiro atoms. The monoisotopic (exact) mass is 440 g/mol. The number of pyridine rings is 1. The minimum absolute atomic E-state index is 0.237. The first-order valence-electron chi connectivity index (χ1n) is 8.85. The van der Waals surface area contributed by atoms with E-state index in [-0.39, 0.29) is 12.4 Å². The van der Waals surface area contributed by atoms with Gasteiger partial charge in [-0.25, -0.2) is 4.79 Å². The molecule has 0 aliphatic heterocycles. The van der Waals surface area contributed by atoms with Crippen LogP contribution in [0.4, 0.5) is 0 Å². The van der Waals surface area contributed by atoms with Gasteiger partial charge in [0.15, 0.2) is 6.61 Å². The van der Waals surface area contributed by atoms with Gasteiger partial charge in [-0.3, -0.25) is 9.78 Å². The van der Waals surface area contributed by atoms with E-state index in [0.29, 0.717) is 15.6 Å². The van der Waals surface area contributed by atoms with Crippen molar-refractivity contribution in [2.24, 2.45) is 0 Å². The summed E-state index contributed by atoms with van der Waals surface area (Å²) in [6.45, 7) is 7.67. The number of aryl methyl sites for hydroxylation is 3. The standard InChI is InChI=1S/C22H21BrN2O3/c1-13-5-6-19(7-14(13)2)25-15(3)8-20(16(25)4)21(26)12-28-22(27)17-9-18(23)11-24-10-17/h5-11H,12H2,1-4H3. The Labute approximate surface area is 172 Å². The number of hydrogen-bond acceptors (Lipinski definition) is 4. The number of hydrogen-bond donors (Lipinski definition) is 0. The van der Waals surface area contributed by atoms with E-state index in [4.69, 9.17) is 4.74 Å². The summed E-state index contributed by atoms with van der Waals surface area (Å²) in [5.74, 6) is -0.815. The maximum Gasteiger partial charge on any atom is 0.340 e. The van der Waals surface area contributed by atoms with Gasteiger partial charge in [-0.15, -0.1) is 0 Å². The molecule has 0 atom stereocenters. The zero-order valence-electron chi connectivity index (χ0n) is 16.2. The number of carbonyl (C=O) groups is 2. The van der Waals surface area contributed by atoms with Crippen molar-refractivity contribution in [3.05, 3.63) is 80.8 Å². The second kappa shape index (κ2) is 8.10. The van der Waals surface area contributed by atoms with Crippen molar-refractivity contribution < 1.29 is 14.3 Å². The maximum atomic E-state index is 12.7. The molecule has 0 radical (unpaired) electrons. The summed E-state index contributed by atoms with van der Waals surface area (Å²) in [7, 11) is 0. The van der Waals surface area contributed by atoms with Crippen molar-refractivity contribution in [3.8, 4) is 5.69 Å². The van der Waals surface area contributed by atoms with Crippen molar-refractivity contribution in [3.63, 3.8) is 0 Å². The molecule has 28 heavy (non-hydrogen) atoms. The van der Waals surface area contributed by atoms with Crippen molar-refractivity contribution in [1.29, 1.82) is 0 Å². The van der Waals surface area contributed by atoms with Crippen LogP contribution in [0.25, 0.3) is 5.69 Å². The zero-order valence-corrected chi connectivity index (χ0v) is 17.8. The molecular weight excluding hydrogens is 420 g/mol. The Morgan fingerprint density at radius 2 is 1.79 bits per heavy atom. The fourth-order valence-corrected chi connectivity index (χ4v) is 3.49. The highest BCUT2D eigenvalue weighted by atomic mass is 79.9. The lowest BCUT2D eigenvalue weighted by atomic mass is 10.1. The van der Waals surface area contributed by atoms with Gasteiger partial charge in [0.25, 0.3) is 0 Å². The normalized spacial score (nSPS) is 10.8. The molecule has 0 saturated carbocycles. The topological polar surface area (TPSA) is 61.2 Å². The molecule has 0 aliphatic rings. The van der Waals surface area contributed by atoms with Crippen LogP contribution in [0, 0.1) is 27.7 Å². The van der Waals surface area contributed by atoms with Crippen LogP contribution in [0.3, 0.4) is 0 Å². The molecule has 2 aromatic heterocycles. The van der Waals surface area contributed by atoms with Gasteiger partial charge in [0.1, 0.15) is 0 Å². The van der Waals surface area contributed by atoms with E-state index >= 15 is 0 Å². The molecule has 5 nitrogen and oxygen atoms in total. The minimum atomic E-state index is -0.579. The van der Waals surface area contributed by atoms with Crippen LogP contribution in [0.5, 0.6) is 0 Å². The lowest BCUT2D eigenvalue weighted by Crippen LogP contribution is -2.15. The SMILES string of the molecule is Cc1ccc(-n2c(C)cc(C(=O)COC(=O)c3cncc(Br)c3)c2C)cc1C. The first kappa shape index (κ1) is 20.0. The molecule has 0 aliphatic carbocycles. The van der Waals surface area contributed by atoms with Gasteiger partial charge in [-0.05, 0) is 79.0 Å². The van der Waals surface area contributed by atoms with Crippen molar-refractivity contribution in [2.45, 2.75) is 27.7 Å². The summed E-state index contributed by atoms with van der Waals surface area (Å²) in [5.41, 5.74) is 6.04. The number of aromatic nitrogens is 2.